The van der Waals surface area contributed by atoms with E-state index in [2.05, 4.69) is 10.6 Å². The lowest BCUT2D eigenvalue weighted by Crippen LogP contribution is -2.27. The molecule has 0 aliphatic rings. The molecule has 4 nitrogen and oxygen atoms in total. The monoisotopic (exact) mass is 318 g/mol. The van der Waals surface area contributed by atoms with Crippen LogP contribution in [0.4, 0.5) is 5.69 Å². The fraction of sp³-hybridized carbons (Fsp3) is 0.235. The average Bonchev–Trinajstić information content (AvgIpc) is 2.51. The summed E-state index contributed by atoms with van der Waals surface area (Å²) in [5.74, 6) is 0.567. The van der Waals surface area contributed by atoms with Gasteiger partial charge in [0.2, 0.25) is 5.91 Å². The van der Waals surface area contributed by atoms with E-state index in [0.717, 1.165) is 5.56 Å². The Bertz CT molecular complexity index is 614. The number of carbonyl (C=O) groups excluding carboxylic acids is 1. The summed E-state index contributed by atoms with van der Waals surface area (Å²) in [6.45, 7) is 3.30. The molecule has 0 radical (unpaired) electrons. The number of benzene rings is 2. The maximum Gasteiger partial charge on any atom is 0.238 e. The van der Waals surface area contributed by atoms with Gasteiger partial charge in [-0.3, -0.25) is 4.79 Å². The van der Waals surface area contributed by atoms with Crippen LogP contribution in [0.3, 0.4) is 0 Å². The first-order valence-electron chi connectivity index (χ1n) is 7.16. The number of nitrogens with one attached hydrogen (secondary N) is 2. The van der Waals surface area contributed by atoms with Crippen LogP contribution in [0, 0.1) is 0 Å². The third kappa shape index (κ3) is 5.06. The minimum absolute atomic E-state index is 0.110. The van der Waals surface area contributed by atoms with Crippen molar-refractivity contribution in [3.8, 4) is 5.75 Å². The lowest BCUT2D eigenvalue weighted by atomic mass is 10.2. The Balaban J connectivity index is 1.82. The Morgan fingerprint density at radius 1 is 1.14 bits per heavy atom. The van der Waals surface area contributed by atoms with Gasteiger partial charge in [0.1, 0.15) is 5.75 Å². The van der Waals surface area contributed by atoms with Crippen molar-refractivity contribution in [3.63, 3.8) is 0 Å². The Hall–Kier alpha value is -2.04. The highest BCUT2D eigenvalue weighted by Gasteiger charge is 2.06. The smallest absolute Gasteiger partial charge is 0.238 e. The number of para-hydroxylation sites is 2. The van der Waals surface area contributed by atoms with Crippen LogP contribution in [-0.4, -0.2) is 19.1 Å². The summed E-state index contributed by atoms with van der Waals surface area (Å²) in [5, 5.41) is 6.64. The molecule has 0 aromatic heterocycles. The maximum absolute atomic E-state index is 12.0. The molecule has 0 heterocycles. The first-order chi connectivity index (χ1) is 10.7. The summed E-state index contributed by atoms with van der Waals surface area (Å²) < 4.78 is 5.48. The molecule has 0 saturated heterocycles. The molecule has 22 heavy (non-hydrogen) atoms. The number of anilines is 1. The molecular weight excluding hydrogens is 300 g/mol. The highest BCUT2D eigenvalue weighted by molar-refractivity contribution is 6.30. The van der Waals surface area contributed by atoms with Gasteiger partial charge in [0, 0.05) is 11.6 Å². The second kappa shape index (κ2) is 8.41. The van der Waals surface area contributed by atoms with Crippen LogP contribution < -0.4 is 15.4 Å². The van der Waals surface area contributed by atoms with Crippen LogP contribution in [-0.2, 0) is 11.3 Å². The van der Waals surface area contributed by atoms with Gasteiger partial charge < -0.3 is 15.4 Å². The van der Waals surface area contributed by atoms with Crippen LogP contribution >= 0.6 is 11.6 Å². The average molecular weight is 319 g/mol. The number of amides is 1. The number of hydrogen-bond acceptors (Lipinski definition) is 3. The molecule has 2 N–H and O–H groups in total. The molecule has 0 unspecified atom stereocenters. The first-order valence-corrected chi connectivity index (χ1v) is 7.53. The van der Waals surface area contributed by atoms with E-state index in [4.69, 9.17) is 16.3 Å². The number of rotatable bonds is 7. The van der Waals surface area contributed by atoms with Gasteiger partial charge in [0.25, 0.3) is 0 Å². The molecule has 116 valence electrons. The Labute approximate surface area is 135 Å². The van der Waals surface area contributed by atoms with Gasteiger partial charge in [0.05, 0.1) is 18.8 Å². The summed E-state index contributed by atoms with van der Waals surface area (Å²) >= 11 is 5.83. The summed E-state index contributed by atoms with van der Waals surface area (Å²) in [6.07, 6.45) is 0. The molecule has 2 rings (SSSR count). The molecule has 0 aliphatic heterocycles. The van der Waals surface area contributed by atoms with Gasteiger partial charge in [-0.25, -0.2) is 0 Å². The lowest BCUT2D eigenvalue weighted by molar-refractivity contribution is -0.115. The SMILES string of the molecule is CCOc1ccccc1NC(=O)CNCc1ccc(Cl)cc1. The van der Waals surface area contributed by atoms with Crippen molar-refractivity contribution in [2.75, 3.05) is 18.5 Å². The van der Waals surface area contributed by atoms with E-state index in [0.29, 0.717) is 29.6 Å². The predicted molar refractivity (Wildman–Crippen MR) is 89.4 cm³/mol. The highest BCUT2D eigenvalue weighted by Crippen LogP contribution is 2.23. The third-order valence-electron chi connectivity index (χ3n) is 2.99. The van der Waals surface area contributed by atoms with Crippen LogP contribution in [0.1, 0.15) is 12.5 Å². The quantitative estimate of drug-likeness (QED) is 0.822. The third-order valence-corrected chi connectivity index (χ3v) is 3.24. The largest absolute Gasteiger partial charge is 0.492 e. The molecule has 2 aromatic rings. The van der Waals surface area contributed by atoms with Crippen molar-refractivity contribution in [3.05, 3.63) is 59.1 Å². The van der Waals surface area contributed by atoms with Gasteiger partial charge in [-0.15, -0.1) is 0 Å². The molecule has 0 spiro atoms. The van der Waals surface area contributed by atoms with Crippen LogP contribution in [0.15, 0.2) is 48.5 Å². The number of halogens is 1. The summed E-state index contributed by atoms with van der Waals surface area (Å²) in [6, 6.07) is 14.9. The van der Waals surface area contributed by atoms with Gasteiger partial charge in [0.15, 0.2) is 0 Å². The van der Waals surface area contributed by atoms with Crippen LogP contribution in [0.25, 0.3) is 0 Å². The van der Waals surface area contributed by atoms with Crippen LogP contribution in [0.5, 0.6) is 5.75 Å². The maximum atomic E-state index is 12.0. The van der Waals surface area contributed by atoms with Gasteiger partial charge in [-0.1, -0.05) is 35.9 Å². The molecule has 5 heteroatoms. The zero-order valence-corrected chi connectivity index (χ0v) is 13.2. The van der Waals surface area contributed by atoms with E-state index in [9.17, 15) is 4.79 Å². The van der Waals surface area contributed by atoms with E-state index in [-0.39, 0.29) is 12.5 Å². The Kier molecular flexibility index (Phi) is 6.25. The van der Waals surface area contributed by atoms with E-state index < -0.39 is 0 Å². The molecule has 1 amide bonds. The number of carbonyl (C=O) groups is 1. The fourth-order valence-corrected chi connectivity index (χ4v) is 2.09. The minimum atomic E-state index is -0.110. The summed E-state index contributed by atoms with van der Waals surface area (Å²) in [5.41, 5.74) is 1.76. The van der Waals surface area contributed by atoms with Crippen molar-refractivity contribution in [2.24, 2.45) is 0 Å². The Morgan fingerprint density at radius 2 is 1.86 bits per heavy atom. The lowest BCUT2D eigenvalue weighted by Gasteiger charge is -2.11. The van der Waals surface area contributed by atoms with Crippen molar-refractivity contribution >= 4 is 23.2 Å². The highest BCUT2D eigenvalue weighted by atomic mass is 35.5. The Morgan fingerprint density at radius 3 is 2.59 bits per heavy atom. The molecule has 0 aliphatic carbocycles. The van der Waals surface area contributed by atoms with E-state index in [1.54, 1.807) is 0 Å². The molecule has 0 bridgehead atoms. The van der Waals surface area contributed by atoms with Gasteiger partial charge >= 0.3 is 0 Å². The summed E-state index contributed by atoms with van der Waals surface area (Å²) in [4.78, 5) is 12.0. The van der Waals surface area contributed by atoms with Gasteiger partial charge in [-0.2, -0.15) is 0 Å². The van der Waals surface area contributed by atoms with Crippen molar-refractivity contribution in [2.45, 2.75) is 13.5 Å². The number of ether oxygens (including phenoxy) is 1. The first kappa shape index (κ1) is 16.3. The second-order valence-electron chi connectivity index (χ2n) is 4.71. The van der Waals surface area contributed by atoms with Crippen molar-refractivity contribution in [1.29, 1.82) is 0 Å². The van der Waals surface area contributed by atoms with Crippen molar-refractivity contribution in [1.82, 2.24) is 5.32 Å². The van der Waals surface area contributed by atoms with E-state index in [1.807, 2.05) is 55.5 Å². The molecule has 0 fully saturated rings. The van der Waals surface area contributed by atoms with E-state index in [1.165, 1.54) is 0 Å². The minimum Gasteiger partial charge on any atom is -0.492 e. The van der Waals surface area contributed by atoms with E-state index >= 15 is 0 Å². The normalized spacial score (nSPS) is 10.3. The molecular formula is C17H19ClN2O2. The molecule has 0 atom stereocenters. The van der Waals surface area contributed by atoms with Crippen molar-refractivity contribution < 1.29 is 9.53 Å². The zero-order chi connectivity index (χ0) is 15.8. The zero-order valence-electron chi connectivity index (χ0n) is 12.4. The standard InChI is InChI=1S/C17H19ClN2O2/c1-2-22-16-6-4-3-5-15(16)20-17(21)12-19-11-13-7-9-14(18)10-8-13/h3-10,19H,2,11-12H2,1H3,(H,20,21). The topological polar surface area (TPSA) is 50.4 Å². The van der Waals surface area contributed by atoms with Crippen LogP contribution in [0.2, 0.25) is 5.02 Å². The predicted octanol–water partition coefficient (Wildman–Crippen LogP) is 3.47. The summed E-state index contributed by atoms with van der Waals surface area (Å²) in [7, 11) is 0. The number of hydrogen-bond donors (Lipinski definition) is 2. The molecule has 0 saturated carbocycles. The second-order valence-corrected chi connectivity index (χ2v) is 5.14. The van der Waals surface area contributed by atoms with Gasteiger partial charge in [-0.05, 0) is 36.8 Å². The fourth-order valence-electron chi connectivity index (χ4n) is 1.97. The molecule has 2 aromatic carbocycles.